The molecule has 6 nitrogen and oxygen atoms in total. The lowest BCUT2D eigenvalue weighted by molar-refractivity contribution is -0.289. The van der Waals surface area contributed by atoms with E-state index >= 15 is 0 Å². The van der Waals surface area contributed by atoms with Crippen LogP contribution in [-0.2, 0) is 28.4 Å². The Bertz CT molecular complexity index is 530. The van der Waals surface area contributed by atoms with Gasteiger partial charge in [0, 0.05) is 32.8 Å². The molecule has 7 heteroatoms. The van der Waals surface area contributed by atoms with E-state index in [1.54, 1.807) is 33.1 Å². The van der Waals surface area contributed by atoms with E-state index in [9.17, 15) is 0 Å². The number of methoxy groups -OCH3 is 3. The second kappa shape index (κ2) is 10.0. The molecule has 0 spiro atoms. The summed E-state index contributed by atoms with van der Waals surface area (Å²) in [6, 6.07) is 10.1. The average molecular weight is 384 g/mol. The number of benzene rings is 1. The Hall–Kier alpha value is -0.670. The molecule has 0 radical (unpaired) electrons. The first-order valence-electron chi connectivity index (χ1n) is 8.95. The van der Waals surface area contributed by atoms with Gasteiger partial charge in [0.15, 0.2) is 6.29 Å². The van der Waals surface area contributed by atoms with E-state index in [0.29, 0.717) is 13.2 Å². The summed E-state index contributed by atoms with van der Waals surface area (Å²) in [5, 5.41) is 0. The maximum Gasteiger partial charge on any atom is 0.184 e. The van der Waals surface area contributed by atoms with Crippen molar-refractivity contribution in [3.05, 3.63) is 30.3 Å². The van der Waals surface area contributed by atoms with Gasteiger partial charge in [-0.15, -0.1) is 0 Å². The largest absolute Gasteiger partial charge is 0.376 e. The third-order valence-electron chi connectivity index (χ3n) is 4.77. The van der Waals surface area contributed by atoms with E-state index in [2.05, 4.69) is 12.1 Å². The third kappa shape index (κ3) is 4.78. The van der Waals surface area contributed by atoms with Gasteiger partial charge >= 0.3 is 0 Å². The zero-order valence-electron chi connectivity index (χ0n) is 15.5. The molecule has 2 aliphatic heterocycles. The molecule has 0 bridgehead atoms. The number of thioether (sulfide) groups is 1. The molecule has 2 fully saturated rings. The highest BCUT2D eigenvalue weighted by atomic mass is 32.2. The molecule has 2 saturated heterocycles. The van der Waals surface area contributed by atoms with Crippen LogP contribution < -0.4 is 0 Å². The standard InChI is InChI=1S/C19H28O6S/c1-20-14-10-7-11-23-18(14)25-16-15(21-2)12-24-19(17(16)22-3)26-13-8-5-4-6-9-13/h4-6,8-9,14-19H,7,10-12H2,1-3H3. The fourth-order valence-corrected chi connectivity index (χ4v) is 4.46. The molecule has 26 heavy (non-hydrogen) atoms. The van der Waals surface area contributed by atoms with Crippen molar-refractivity contribution in [2.24, 2.45) is 0 Å². The Morgan fingerprint density at radius 3 is 2.38 bits per heavy atom. The molecule has 146 valence electrons. The summed E-state index contributed by atoms with van der Waals surface area (Å²) >= 11 is 1.63. The van der Waals surface area contributed by atoms with Gasteiger partial charge in [-0.05, 0) is 25.0 Å². The first kappa shape index (κ1) is 20.1. The minimum absolute atomic E-state index is 0.0816. The fourth-order valence-electron chi connectivity index (χ4n) is 3.33. The number of ether oxygens (including phenoxy) is 6. The Morgan fingerprint density at radius 2 is 1.69 bits per heavy atom. The van der Waals surface area contributed by atoms with Gasteiger partial charge in [-0.3, -0.25) is 0 Å². The summed E-state index contributed by atoms with van der Waals surface area (Å²) in [5.41, 5.74) is -0.191. The van der Waals surface area contributed by atoms with Gasteiger partial charge in [-0.1, -0.05) is 30.0 Å². The van der Waals surface area contributed by atoms with Crippen LogP contribution in [-0.4, -0.2) is 70.7 Å². The first-order valence-corrected chi connectivity index (χ1v) is 9.83. The van der Waals surface area contributed by atoms with Crippen molar-refractivity contribution in [1.82, 2.24) is 0 Å². The quantitative estimate of drug-likeness (QED) is 0.716. The lowest BCUT2D eigenvalue weighted by atomic mass is 10.1. The van der Waals surface area contributed by atoms with E-state index in [1.807, 2.05) is 18.2 Å². The summed E-state index contributed by atoms with van der Waals surface area (Å²) < 4.78 is 35.1. The Kier molecular flexibility index (Phi) is 7.75. The topological polar surface area (TPSA) is 55.4 Å². The minimum Gasteiger partial charge on any atom is -0.376 e. The van der Waals surface area contributed by atoms with Crippen LogP contribution in [0.1, 0.15) is 12.8 Å². The zero-order valence-corrected chi connectivity index (χ0v) is 16.4. The second-order valence-corrected chi connectivity index (χ2v) is 7.54. The lowest BCUT2D eigenvalue weighted by Crippen LogP contribution is -2.57. The maximum absolute atomic E-state index is 6.32. The van der Waals surface area contributed by atoms with E-state index < -0.39 is 6.29 Å². The molecule has 1 aromatic carbocycles. The van der Waals surface area contributed by atoms with E-state index in [0.717, 1.165) is 17.7 Å². The number of rotatable bonds is 7. The van der Waals surface area contributed by atoms with Crippen LogP contribution >= 0.6 is 11.8 Å². The van der Waals surface area contributed by atoms with Crippen LogP contribution in [0.4, 0.5) is 0 Å². The van der Waals surface area contributed by atoms with E-state index in [-0.39, 0.29) is 29.9 Å². The molecule has 0 saturated carbocycles. The van der Waals surface area contributed by atoms with Gasteiger partial charge in [0.25, 0.3) is 0 Å². The highest BCUT2D eigenvalue weighted by molar-refractivity contribution is 7.99. The predicted molar refractivity (Wildman–Crippen MR) is 98.3 cm³/mol. The summed E-state index contributed by atoms with van der Waals surface area (Å²) in [5.74, 6) is 0. The Morgan fingerprint density at radius 1 is 0.923 bits per heavy atom. The molecule has 3 rings (SSSR count). The van der Waals surface area contributed by atoms with Crippen LogP contribution in [0.2, 0.25) is 0 Å². The first-order chi connectivity index (χ1) is 12.8. The average Bonchev–Trinajstić information content (AvgIpc) is 2.69. The van der Waals surface area contributed by atoms with E-state index in [4.69, 9.17) is 28.4 Å². The summed E-state index contributed by atoms with van der Waals surface area (Å²) in [7, 11) is 5.03. The molecular weight excluding hydrogens is 356 g/mol. The Balaban J connectivity index is 1.73. The SMILES string of the molecule is COC1CCCOC1OC1C(OC)COC(Sc2ccccc2)C1OC. The molecule has 0 aliphatic carbocycles. The highest BCUT2D eigenvalue weighted by Crippen LogP contribution is 2.35. The van der Waals surface area contributed by atoms with Crippen molar-refractivity contribution < 1.29 is 28.4 Å². The molecule has 2 heterocycles. The van der Waals surface area contributed by atoms with Crippen molar-refractivity contribution in [2.45, 2.75) is 53.9 Å². The molecular formula is C19H28O6S. The van der Waals surface area contributed by atoms with Gasteiger partial charge < -0.3 is 28.4 Å². The molecule has 6 unspecified atom stereocenters. The molecule has 0 amide bonds. The number of hydrogen-bond acceptors (Lipinski definition) is 7. The van der Waals surface area contributed by atoms with Crippen molar-refractivity contribution in [1.29, 1.82) is 0 Å². The highest BCUT2D eigenvalue weighted by Gasteiger charge is 2.45. The van der Waals surface area contributed by atoms with Crippen LogP contribution in [0, 0.1) is 0 Å². The minimum atomic E-state index is -0.422. The second-order valence-electron chi connectivity index (χ2n) is 6.36. The number of hydrogen-bond donors (Lipinski definition) is 0. The molecule has 1 aromatic rings. The third-order valence-corrected chi connectivity index (χ3v) is 5.95. The fraction of sp³-hybridized carbons (Fsp3) is 0.684. The summed E-state index contributed by atoms with van der Waals surface area (Å²) in [6.07, 6.45) is 0.566. The van der Waals surface area contributed by atoms with Crippen molar-refractivity contribution in [3.8, 4) is 0 Å². The summed E-state index contributed by atoms with van der Waals surface area (Å²) in [6.45, 7) is 1.11. The summed E-state index contributed by atoms with van der Waals surface area (Å²) in [4.78, 5) is 1.12. The van der Waals surface area contributed by atoms with Gasteiger partial charge in [0.05, 0.1) is 6.61 Å². The monoisotopic (exact) mass is 384 g/mol. The normalized spacial score (nSPS) is 35.3. The predicted octanol–water partition coefficient (Wildman–Crippen LogP) is 2.70. The molecule has 0 N–H and O–H groups in total. The lowest BCUT2D eigenvalue weighted by Gasteiger charge is -2.43. The van der Waals surface area contributed by atoms with Crippen LogP contribution in [0.15, 0.2) is 35.2 Å². The van der Waals surface area contributed by atoms with Gasteiger partial charge in [0.2, 0.25) is 0 Å². The van der Waals surface area contributed by atoms with Gasteiger partial charge in [-0.25, -0.2) is 0 Å². The van der Waals surface area contributed by atoms with Gasteiger partial charge in [0.1, 0.15) is 29.9 Å². The van der Waals surface area contributed by atoms with Crippen molar-refractivity contribution in [2.75, 3.05) is 34.5 Å². The van der Waals surface area contributed by atoms with Crippen LogP contribution in [0.3, 0.4) is 0 Å². The van der Waals surface area contributed by atoms with Crippen LogP contribution in [0.5, 0.6) is 0 Å². The Labute approximate surface area is 159 Å². The zero-order chi connectivity index (χ0) is 18.4. The van der Waals surface area contributed by atoms with Crippen LogP contribution in [0.25, 0.3) is 0 Å². The van der Waals surface area contributed by atoms with Crippen molar-refractivity contribution >= 4 is 11.8 Å². The molecule has 2 aliphatic rings. The molecule has 0 aromatic heterocycles. The smallest absolute Gasteiger partial charge is 0.184 e. The molecule has 6 atom stereocenters. The van der Waals surface area contributed by atoms with E-state index in [1.165, 1.54) is 0 Å². The maximum atomic E-state index is 6.32. The van der Waals surface area contributed by atoms with Gasteiger partial charge in [-0.2, -0.15) is 0 Å². The van der Waals surface area contributed by atoms with Crippen molar-refractivity contribution in [3.63, 3.8) is 0 Å².